The van der Waals surface area contributed by atoms with Crippen molar-refractivity contribution in [3.63, 3.8) is 0 Å². The van der Waals surface area contributed by atoms with Crippen LogP contribution >= 0.6 is 0 Å². The molecule has 0 bridgehead atoms. The number of hydrogen-bond acceptors (Lipinski definition) is 5. The second-order valence-corrected chi connectivity index (χ2v) is 4.72. The Morgan fingerprint density at radius 2 is 2.00 bits per heavy atom. The molecular weight excluding hydrogens is 266 g/mol. The Morgan fingerprint density at radius 3 is 2.71 bits per heavy atom. The van der Waals surface area contributed by atoms with E-state index in [1.807, 2.05) is 30.8 Å². The van der Waals surface area contributed by atoms with Crippen LogP contribution in [-0.2, 0) is 7.05 Å². The lowest BCUT2D eigenvalue weighted by Crippen LogP contribution is -1.95. The zero-order chi connectivity index (χ0) is 14.8. The van der Waals surface area contributed by atoms with Crippen molar-refractivity contribution in [1.82, 2.24) is 19.5 Å². The van der Waals surface area contributed by atoms with Gasteiger partial charge in [0.1, 0.15) is 23.0 Å². The minimum atomic E-state index is 0.476. The maximum Gasteiger partial charge on any atom is 0.148 e. The van der Waals surface area contributed by atoms with Crippen LogP contribution in [0.15, 0.2) is 43.0 Å². The van der Waals surface area contributed by atoms with Crippen LogP contribution in [-0.4, -0.2) is 19.5 Å². The molecule has 3 aromatic rings. The highest BCUT2D eigenvalue weighted by Crippen LogP contribution is 2.26. The van der Waals surface area contributed by atoms with Crippen molar-refractivity contribution in [2.75, 3.05) is 5.73 Å². The third-order valence-corrected chi connectivity index (χ3v) is 2.99. The normalized spacial score (nSPS) is 10.6. The van der Waals surface area contributed by atoms with E-state index in [0.29, 0.717) is 17.3 Å². The second kappa shape index (κ2) is 5.24. The van der Waals surface area contributed by atoms with Gasteiger partial charge in [0.15, 0.2) is 0 Å². The zero-order valence-corrected chi connectivity index (χ0v) is 11.8. The summed E-state index contributed by atoms with van der Waals surface area (Å²) in [4.78, 5) is 12.8. The van der Waals surface area contributed by atoms with Crippen molar-refractivity contribution in [2.24, 2.45) is 7.05 Å². The summed E-state index contributed by atoms with van der Waals surface area (Å²) in [6, 6.07) is 7.15. The topological polar surface area (TPSA) is 78.9 Å². The van der Waals surface area contributed by atoms with E-state index in [9.17, 15) is 0 Å². The molecule has 3 rings (SSSR count). The minimum Gasteiger partial charge on any atom is -0.455 e. The summed E-state index contributed by atoms with van der Waals surface area (Å²) in [5.41, 5.74) is 7.94. The van der Waals surface area contributed by atoms with Gasteiger partial charge in [-0.2, -0.15) is 0 Å². The van der Waals surface area contributed by atoms with E-state index in [0.717, 1.165) is 17.1 Å². The van der Waals surface area contributed by atoms with Crippen LogP contribution in [0.1, 0.15) is 5.69 Å². The van der Waals surface area contributed by atoms with Gasteiger partial charge in [-0.15, -0.1) is 0 Å². The molecular formula is C15H15N5O. The minimum absolute atomic E-state index is 0.476. The van der Waals surface area contributed by atoms with Gasteiger partial charge in [0.2, 0.25) is 0 Å². The van der Waals surface area contributed by atoms with Crippen LogP contribution in [0.4, 0.5) is 5.82 Å². The number of pyridine rings is 2. The van der Waals surface area contributed by atoms with Crippen molar-refractivity contribution >= 4 is 5.82 Å². The Kier molecular flexibility index (Phi) is 3.27. The molecule has 0 fully saturated rings. The highest BCUT2D eigenvalue weighted by atomic mass is 16.5. The summed E-state index contributed by atoms with van der Waals surface area (Å²) >= 11 is 0. The van der Waals surface area contributed by atoms with Gasteiger partial charge in [-0.25, -0.2) is 9.97 Å². The van der Waals surface area contributed by atoms with Crippen LogP contribution in [0.25, 0.3) is 11.4 Å². The average Bonchev–Trinajstić information content (AvgIpc) is 2.89. The van der Waals surface area contributed by atoms with Crippen LogP contribution in [0.5, 0.6) is 11.5 Å². The summed E-state index contributed by atoms with van der Waals surface area (Å²) in [5, 5.41) is 0. The van der Waals surface area contributed by atoms with E-state index < -0.39 is 0 Å². The molecule has 106 valence electrons. The first-order chi connectivity index (χ1) is 10.1. The molecule has 0 amide bonds. The number of nitrogens with two attached hydrogens (primary N) is 1. The van der Waals surface area contributed by atoms with Gasteiger partial charge in [-0.1, -0.05) is 0 Å². The van der Waals surface area contributed by atoms with Gasteiger partial charge < -0.3 is 15.0 Å². The fourth-order valence-electron chi connectivity index (χ4n) is 1.96. The van der Waals surface area contributed by atoms with Gasteiger partial charge in [0, 0.05) is 25.5 Å². The number of rotatable bonds is 3. The third kappa shape index (κ3) is 2.84. The number of nitrogens with zero attached hydrogens (tertiary/aromatic N) is 4. The first-order valence-corrected chi connectivity index (χ1v) is 6.47. The summed E-state index contributed by atoms with van der Waals surface area (Å²) in [7, 11) is 1.92. The number of nitrogen functional groups attached to an aromatic ring is 1. The maximum absolute atomic E-state index is 5.84. The van der Waals surface area contributed by atoms with Gasteiger partial charge >= 0.3 is 0 Å². The quantitative estimate of drug-likeness (QED) is 0.798. The predicted molar refractivity (Wildman–Crippen MR) is 79.9 cm³/mol. The molecule has 3 aromatic heterocycles. The summed E-state index contributed by atoms with van der Waals surface area (Å²) in [6.45, 7) is 1.85. The molecule has 0 saturated carbocycles. The first kappa shape index (κ1) is 13.1. The standard InChI is InChI=1S/C15H15N5O/c1-10-14(3-4-15(16)19-10)21-11-5-6-17-12(7-11)13-8-20(2)9-18-13/h3-9H,1-2H3,(H2,16,19). The van der Waals surface area contributed by atoms with E-state index in [4.69, 9.17) is 10.5 Å². The fourth-order valence-corrected chi connectivity index (χ4v) is 1.96. The molecule has 6 nitrogen and oxygen atoms in total. The van der Waals surface area contributed by atoms with Crippen molar-refractivity contribution in [3.8, 4) is 22.9 Å². The number of anilines is 1. The Hall–Kier alpha value is -2.89. The molecule has 21 heavy (non-hydrogen) atoms. The van der Waals surface area contributed by atoms with Gasteiger partial charge in [0.25, 0.3) is 0 Å². The Bertz CT molecular complexity index is 781. The molecule has 0 saturated heterocycles. The molecule has 6 heteroatoms. The van der Waals surface area contributed by atoms with Gasteiger partial charge in [-0.05, 0) is 25.1 Å². The molecule has 0 radical (unpaired) electrons. The zero-order valence-electron chi connectivity index (χ0n) is 11.8. The number of ether oxygens (including phenoxy) is 1. The molecule has 0 aliphatic rings. The number of hydrogen-bond donors (Lipinski definition) is 1. The van der Waals surface area contributed by atoms with Crippen molar-refractivity contribution in [3.05, 3.63) is 48.7 Å². The smallest absolute Gasteiger partial charge is 0.148 e. The molecule has 0 aromatic carbocycles. The van der Waals surface area contributed by atoms with Crippen molar-refractivity contribution < 1.29 is 4.74 Å². The lowest BCUT2D eigenvalue weighted by molar-refractivity contribution is 0.475. The monoisotopic (exact) mass is 281 g/mol. The number of aromatic nitrogens is 4. The molecule has 0 unspecified atom stereocenters. The molecule has 0 aliphatic heterocycles. The molecule has 0 aliphatic carbocycles. The SMILES string of the molecule is Cc1nc(N)ccc1Oc1ccnc(-c2cn(C)cn2)c1. The lowest BCUT2D eigenvalue weighted by atomic mass is 10.3. The summed E-state index contributed by atoms with van der Waals surface area (Å²) in [6.07, 6.45) is 5.33. The van der Waals surface area contributed by atoms with E-state index in [-0.39, 0.29) is 0 Å². The van der Waals surface area contributed by atoms with Gasteiger partial charge in [0.05, 0.1) is 17.7 Å². The van der Waals surface area contributed by atoms with Crippen LogP contribution < -0.4 is 10.5 Å². The highest BCUT2D eigenvalue weighted by molar-refractivity contribution is 5.55. The van der Waals surface area contributed by atoms with Crippen LogP contribution in [0.3, 0.4) is 0 Å². The van der Waals surface area contributed by atoms with E-state index >= 15 is 0 Å². The molecule has 3 heterocycles. The third-order valence-electron chi connectivity index (χ3n) is 2.99. The first-order valence-electron chi connectivity index (χ1n) is 6.47. The molecule has 0 atom stereocenters. The second-order valence-electron chi connectivity index (χ2n) is 4.72. The maximum atomic E-state index is 5.84. The van der Waals surface area contributed by atoms with Gasteiger partial charge in [-0.3, -0.25) is 4.98 Å². The van der Waals surface area contributed by atoms with Crippen LogP contribution in [0.2, 0.25) is 0 Å². The summed E-state index contributed by atoms with van der Waals surface area (Å²) in [5.74, 6) is 1.83. The van der Waals surface area contributed by atoms with E-state index in [1.54, 1.807) is 30.7 Å². The molecule has 2 N–H and O–H groups in total. The Labute approximate surface area is 122 Å². The molecule has 0 spiro atoms. The van der Waals surface area contributed by atoms with E-state index in [1.165, 1.54) is 0 Å². The largest absolute Gasteiger partial charge is 0.455 e. The highest BCUT2D eigenvalue weighted by Gasteiger charge is 2.07. The summed E-state index contributed by atoms with van der Waals surface area (Å²) < 4.78 is 7.71. The van der Waals surface area contributed by atoms with Crippen LogP contribution in [0, 0.1) is 6.92 Å². The average molecular weight is 281 g/mol. The van der Waals surface area contributed by atoms with Crippen molar-refractivity contribution in [1.29, 1.82) is 0 Å². The Balaban J connectivity index is 1.89. The lowest BCUT2D eigenvalue weighted by Gasteiger charge is -2.09. The number of aryl methyl sites for hydroxylation is 2. The fraction of sp³-hybridized carbons (Fsp3) is 0.133. The Morgan fingerprint density at radius 1 is 1.14 bits per heavy atom. The number of imidazole rings is 1. The predicted octanol–water partition coefficient (Wildman–Crippen LogP) is 2.56. The van der Waals surface area contributed by atoms with Crippen molar-refractivity contribution in [2.45, 2.75) is 6.92 Å². The van der Waals surface area contributed by atoms with E-state index in [2.05, 4.69) is 15.0 Å².